The molecule has 4 rings (SSSR count). The van der Waals surface area contributed by atoms with Crippen LogP contribution in [-0.4, -0.2) is 66.0 Å². The molecule has 0 aliphatic carbocycles. The molecule has 10 nitrogen and oxygen atoms in total. The lowest BCUT2D eigenvalue weighted by molar-refractivity contribution is -0.385. The molecule has 0 atom stereocenters. The van der Waals surface area contributed by atoms with Gasteiger partial charge in [0, 0.05) is 45.1 Å². The minimum absolute atomic E-state index is 0.0498. The molecule has 0 unspecified atom stereocenters. The summed E-state index contributed by atoms with van der Waals surface area (Å²) < 4.78 is 5.58. The number of ether oxygens (including phenoxy) is 1. The van der Waals surface area contributed by atoms with Gasteiger partial charge in [0.25, 0.3) is 5.69 Å². The zero-order valence-electron chi connectivity index (χ0n) is 17.0. The van der Waals surface area contributed by atoms with Gasteiger partial charge in [0.05, 0.1) is 17.2 Å². The van der Waals surface area contributed by atoms with Crippen molar-refractivity contribution in [3.63, 3.8) is 0 Å². The molecule has 2 amide bonds. The Bertz CT molecular complexity index is 972. The van der Waals surface area contributed by atoms with Crippen molar-refractivity contribution in [3.8, 4) is 5.75 Å². The number of piperazine rings is 1. The van der Waals surface area contributed by atoms with Gasteiger partial charge < -0.3 is 19.4 Å². The number of anilines is 2. The van der Waals surface area contributed by atoms with E-state index in [1.165, 1.54) is 12.3 Å². The summed E-state index contributed by atoms with van der Waals surface area (Å²) in [7, 11) is 0. The van der Waals surface area contributed by atoms with Gasteiger partial charge in [-0.15, -0.1) is 0 Å². The normalized spacial score (nSPS) is 15.8. The fraction of sp³-hybridized carbons (Fsp3) is 0.381. The van der Waals surface area contributed by atoms with E-state index in [4.69, 9.17) is 4.74 Å². The van der Waals surface area contributed by atoms with Crippen LogP contribution in [-0.2, 0) is 9.59 Å². The molecular formula is C21H23N5O5. The van der Waals surface area contributed by atoms with Crippen LogP contribution in [0.3, 0.4) is 0 Å². The van der Waals surface area contributed by atoms with Crippen molar-refractivity contribution in [3.05, 3.63) is 52.7 Å². The summed E-state index contributed by atoms with van der Waals surface area (Å²) in [5, 5.41) is 10.8. The summed E-state index contributed by atoms with van der Waals surface area (Å²) >= 11 is 0. The number of rotatable bonds is 5. The number of carbonyl (C=O) groups excluding carboxylic acids is 2. The number of aromatic nitrogens is 1. The number of para-hydroxylation sites is 2. The highest BCUT2D eigenvalue weighted by Crippen LogP contribution is 2.31. The molecule has 10 heteroatoms. The second kappa shape index (κ2) is 8.99. The molecule has 1 saturated heterocycles. The maximum absolute atomic E-state index is 12.7. The van der Waals surface area contributed by atoms with Crippen LogP contribution < -0.4 is 14.5 Å². The first kappa shape index (κ1) is 20.6. The Kier molecular flexibility index (Phi) is 5.96. The van der Waals surface area contributed by atoms with E-state index in [1.54, 1.807) is 15.9 Å². The number of pyridine rings is 1. The lowest BCUT2D eigenvalue weighted by atomic mass is 10.2. The molecule has 2 aromatic rings. The van der Waals surface area contributed by atoms with Crippen molar-refractivity contribution >= 4 is 29.0 Å². The van der Waals surface area contributed by atoms with E-state index in [2.05, 4.69) is 4.98 Å². The Morgan fingerprint density at radius 1 is 1.00 bits per heavy atom. The van der Waals surface area contributed by atoms with Crippen molar-refractivity contribution in [2.24, 2.45) is 0 Å². The summed E-state index contributed by atoms with van der Waals surface area (Å²) in [6.07, 6.45) is 1.55. The van der Waals surface area contributed by atoms with Crippen LogP contribution in [0.1, 0.15) is 12.8 Å². The lowest BCUT2D eigenvalue weighted by Crippen LogP contribution is -2.49. The van der Waals surface area contributed by atoms with E-state index in [1.807, 2.05) is 29.2 Å². The summed E-state index contributed by atoms with van der Waals surface area (Å²) in [6.45, 7) is 3.13. The molecule has 0 spiro atoms. The first-order chi connectivity index (χ1) is 15.0. The standard InChI is InChI=1S/C21H23N5O5/c27-20(7-8-21(28)25-13-14-31-18-4-2-1-3-17(18)25)24-11-9-23(10-12-24)19-6-5-16(15-22-19)26(29)30/h1-6,15H,7-14H2. The van der Waals surface area contributed by atoms with Gasteiger partial charge in [-0.2, -0.15) is 0 Å². The van der Waals surface area contributed by atoms with Crippen LogP contribution >= 0.6 is 0 Å². The minimum atomic E-state index is -0.482. The maximum atomic E-state index is 12.7. The molecule has 1 aromatic heterocycles. The fourth-order valence-corrected chi connectivity index (χ4v) is 3.79. The maximum Gasteiger partial charge on any atom is 0.287 e. The minimum Gasteiger partial charge on any atom is -0.490 e. The van der Waals surface area contributed by atoms with Crippen LogP contribution in [0, 0.1) is 10.1 Å². The number of hydrogen-bond acceptors (Lipinski definition) is 7. The lowest BCUT2D eigenvalue weighted by Gasteiger charge is -2.35. The van der Waals surface area contributed by atoms with E-state index in [-0.39, 0.29) is 30.3 Å². The van der Waals surface area contributed by atoms with Crippen molar-refractivity contribution in [2.45, 2.75) is 12.8 Å². The molecule has 1 aromatic carbocycles. The molecule has 2 aliphatic rings. The zero-order valence-corrected chi connectivity index (χ0v) is 17.0. The number of hydrogen-bond donors (Lipinski definition) is 0. The quantitative estimate of drug-likeness (QED) is 0.531. The molecule has 0 N–H and O–H groups in total. The summed E-state index contributed by atoms with van der Waals surface area (Å²) in [5.41, 5.74) is 0.695. The van der Waals surface area contributed by atoms with Gasteiger partial charge in [0.1, 0.15) is 24.4 Å². The number of benzene rings is 1. The summed E-state index contributed by atoms with van der Waals surface area (Å²) in [5.74, 6) is 1.20. The Morgan fingerprint density at radius 2 is 1.74 bits per heavy atom. The largest absolute Gasteiger partial charge is 0.490 e. The average molecular weight is 425 g/mol. The molecule has 31 heavy (non-hydrogen) atoms. The third kappa shape index (κ3) is 4.57. The van der Waals surface area contributed by atoms with Crippen molar-refractivity contribution in [1.82, 2.24) is 9.88 Å². The van der Waals surface area contributed by atoms with E-state index in [9.17, 15) is 19.7 Å². The van der Waals surface area contributed by atoms with Crippen molar-refractivity contribution in [2.75, 3.05) is 49.1 Å². The van der Waals surface area contributed by atoms with Gasteiger partial charge in [-0.25, -0.2) is 4.98 Å². The van der Waals surface area contributed by atoms with E-state index < -0.39 is 4.92 Å². The van der Waals surface area contributed by atoms with E-state index in [0.29, 0.717) is 50.9 Å². The van der Waals surface area contributed by atoms with Crippen LogP contribution in [0.2, 0.25) is 0 Å². The molecule has 1 fully saturated rings. The Morgan fingerprint density at radius 3 is 2.45 bits per heavy atom. The number of nitro groups is 1. The van der Waals surface area contributed by atoms with Gasteiger partial charge in [0.15, 0.2) is 0 Å². The van der Waals surface area contributed by atoms with Gasteiger partial charge in [-0.1, -0.05) is 12.1 Å². The van der Waals surface area contributed by atoms with Crippen LogP contribution in [0.4, 0.5) is 17.2 Å². The molecule has 2 aliphatic heterocycles. The predicted molar refractivity (Wildman–Crippen MR) is 113 cm³/mol. The summed E-state index contributed by atoms with van der Waals surface area (Å²) in [4.78, 5) is 45.2. The van der Waals surface area contributed by atoms with Crippen molar-refractivity contribution in [1.29, 1.82) is 0 Å². The van der Waals surface area contributed by atoms with Crippen LogP contribution in [0.15, 0.2) is 42.6 Å². The smallest absolute Gasteiger partial charge is 0.287 e. The Hall–Kier alpha value is -3.69. The van der Waals surface area contributed by atoms with Gasteiger partial charge >= 0.3 is 0 Å². The third-order valence-corrected chi connectivity index (χ3v) is 5.48. The number of fused-ring (bicyclic) bond motifs is 1. The van der Waals surface area contributed by atoms with Crippen LogP contribution in [0.25, 0.3) is 0 Å². The Labute approximate surface area is 179 Å². The third-order valence-electron chi connectivity index (χ3n) is 5.48. The highest BCUT2D eigenvalue weighted by Gasteiger charge is 2.26. The average Bonchev–Trinajstić information content (AvgIpc) is 2.82. The Balaban J connectivity index is 1.27. The number of amides is 2. The highest BCUT2D eigenvalue weighted by molar-refractivity contribution is 5.97. The molecule has 0 radical (unpaired) electrons. The van der Waals surface area contributed by atoms with Crippen LogP contribution in [0.5, 0.6) is 5.75 Å². The molecule has 0 saturated carbocycles. The molecule has 0 bridgehead atoms. The van der Waals surface area contributed by atoms with Gasteiger partial charge in [-0.05, 0) is 18.2 Å². The monoisotopic (exact) mass is 425 g/mol. The topological polar surface area (TPSA) is 109 Å². The van der Waals surface area contributed by atoms with Gasteiger partial charge in [0.2, 0.25) is 11.8 Å². The number of carbonyl (C=O) groups is 2. The highest BCUT2D eigenvalue weighted by atomic mass is 16.6. The second-order valence-electron chi connectivity index (χ2n) is 7.36. The molecule has 3 heterocycles. The van der Waals surface area contributed by atoms with Gasteiger partial charge in [-0.3, -0.25) is 19.7 Å². The predicted octanol–water partition coefficient (Wildman–Crippen LogP) is 1.84. The fourth-order valence-electron chi connectivity index (χ4n) is 3.79. The van der Waals surface area contributed by atoms with E-state index in [0.717, 1.165) is 5.69 Å². The molecular weight excluding hydrogens is 402 g/mol. The SMILES string of the molecule is O=C(CCC(=O)N1CCOc2ccccc21)N1CCN(c2ccc([N+](=O)[O-])cn2)CC1. The summed E-state index contributed by atoms with van der Waals surface area (Å²) in [6, 6.07) is 10.4. The van der Waals surface area contributed by atoms with Crippen molar-refractivity contribution < 1.29 is 19.2 Å². The first-order valence-corrected chi connectivity index (χ1v) is 10.2. The number of nitrogens with zero attached hydrogens (tertiary/aromatic N) is 5. The second-order valence-corrected chi connectivity index (χ2v) is 7.36. The van der Waals surface area contributed by atoms with E-state index >= 15 is 0 Å². The molecule has 162 valence electrons. The zero-order chi connectivity index (χ0) is 21.8. The first-order valence-electron chi connectivity index (χ1n) is 10.2.